The average Bonchev–Trinajstić information content (AvgIpc) is 3.56. The Morgan fingerprint density at radius 3 is 2.60 bits per heavy atom. The fourth-order valence-electron chi connectivity index (χ4n) is 5.26. The molecule has 1 aliphatic rings. The lowest BCUT2D eigenvalue weighted by atomic mass is 9.96. The lowest BCUT2D eigenvalue weighted by Gasteiger charge is -2.20. The molecule has 6 rings (SSSR count). The van der Waals surface area contributed by atoms with Crippen molar-refractivity contribution in [3.05, 3.63) is 94.0 Å². The molecule has 2 heterocycles. The number of hydrogen-bond acceptors (Lipinski definition) is 11. The zero-order valence-electron chi connectivity index (χ0n) is 26.0. The highest BCUT2D eigenvalue weighted by Crippen LogP contribution is 2.37. The van der Waals surface area contributed by atoms with Crippen molar-refractivity contribution in [2.75, 3.05) is 26.4 Å². The Bertz CT molecular complexity index is 1880. The van der Waals surface area contributed by atoms with E-state index >= 15 is 0 Å². The summed E-state index contributed by atoms with van der Waals surface area (Å²) in [6.07, 6.45) is 0. The second-order valence-corrected chi connectivity index (χ2v) is 11.8. The number of aromatic nitrogens is 2. The molecule has 10 nitrogen and oxygen atoms in total. The normalized spacial score (nSPS) is 12.9. The molecule has 1 unspecified atom stereocenters. The molecule has 0 bridgehead atoms. The third-order valence-electron chi connectivity index (χ3n) is 7.80. The Kier molecular flexibility index (Phi) is 10.4. The first-order valence-corrected chi connectivity index (χ1v) is 16.3. The lowest BCUT2D eigenvalue weighted by Crippen LogP contribution is -2.40. The molecule has 1 aromatic heterocycles. The monoisotopic (exact) mass is 675 g/mol. The first-order chi connectivity index (χ1) is 22.9. The number of benzene rings is 4. The van der Waals surface area contributed by atoms with Gasteiger partial charge in [0.1, 0.15) is 55.0 Å². The van der Waals surface area contributed by atoms with Gasteiger partial charge in [0.05, 0.1) is 30.0 Å². The highest BCUT2D eigenvalue weighted by Gasteiger charge is 2.20. The van der Waals surface area contributed by atoms with E-state index in [1.165, 1.54) is 0 Å². The number of aliphatic hydroxyl groups is 1. The summed E-state index contributed by atoms with van der Waals surface area (Å²) in [4.78, 5) is 12.3. The topological polar surface area (TPSA) is 121 Å². The smallest absolute Gasteiger partial charge is 0.325 e. The predicted octanol–water partition coefficient (Wildman–Crippen LogP) is 6.26. The third-order valence-corrected chi connectivity index (χ3v) is 8.65. The van der Waals surface area contributed by atoms with Crippen molar-refractivity contribution < 1.29 is 33.6 Å². The van der Waals surface area contributed by atoms with Gasteiger partial charge < -0.3 is 28.8 Å². The number of fused-ring (bicyclic) bond motifs is 2. The summed E-state index contributed by atoms with van der Waals surface area (Å²) in [6.45, 7) is 5.34. The van der Waals surface area contributed by atoms with Crippen molar-refractivity contribution in [1.29, 1.82) is 0 Å². The number of esters is 1. The van der Waals surface area contributed by atoms with Crippen LogP contribution in [0.3, 0.4) is 0 Å². The summed E-state index contributed by atoms with van der Waals surface area (Å²) in [5.74, 6) is 1.90. The van der Waals surface area contributed by atoms with Crippen LogP contribution in [0.4, 0.5) is 0 Å². The maximum Gasteiger partial charge on any atom is 0.325 e. The molecule has 4 aromatic carbocycles. The highest BCUT2D eigenvalue weighted by molar-refractivity contribution is 7.00. The van der Waals surface area contributed by atoms with E-state index in [0.29, 0.717) is 35.3 Å². The van der Waals surface area contributed by atoms with E-state index in [0.717, 1.165) is 62.1 Å². The van der Waals surface area contributed by atoms with Crippen LogP contribution in [-0.4, -0.2) is 52.3 Å². The van der Waals surface area contributed by atoms with Gasteiger partial charge >= 0.3 is 5.97 Å². The van der Waals surface area contributed by atoms with Gasteiger partial charge in [-0.1, -0.05) is 41.9 Å². The molecule has 0 saturated heterocycles. The van der Waals surface area contributed by atoms with Crippen LogP contribution in [0.15, 0.2) is 66.7 Å². The molecule has 0 aliphatic carbocycles. The molecule has 0 saturated carbocycles. The molecule has 12 heteroatoms. The van der Waals surface area contributed by atoms with Gasteiger partial charge in [0.25, 0.3) is 0 Å². The maximum absolute atomic E-state index is 12.3. The third kappa shape index (κ3) is 7.60. The van der Waals surface area contributed by atoms with Gasteiger partial charge in [0.15, 0.2) is 11.5 Å². The van der Waals surface area contributed by atoms with Gasteiger partial charge in [-0.2, -0.15) is 8.75 Å². The Morgan fingerprint density at radius 2 is 1.77 bits per heavy atom. The molecule has 0 radical (unpaired) electrons. The largest absolute Gasteiger partial charge is 0.488 e. The minimum Gasteiger partial charge on any atom is -0.488 e. The Hall–Kier alpha value is -4.42. The fraction of sp³-hybridized carbons (Fsp3) is 0.286. The number of rotatable bonds is 13. The predicted molar refractivity (Wildman–Crippen MR) is 179 cm³/mol. The van der Waals surface area contributed by atoms with E-state index in [1.54, 1.807) is 19.1 Å². The van der Waals surface area contributed by atoms with Gasteiger partial charge in [-0.25, -0.2) is 0 Å². The van der Waals surface area contributed by atoms with Crippen LogP contribution in [0.1, 0.15) is 29.2 Å². The van der Waals surface area contributed by atoms with Crippen LogP contribution in [0.25, 0.3) is 22.2 Å². The van der Waals surface area contributed by atoms with Crippen molar-refractivity contribution in [2.24, 2.45) is 0 Å². The van der Waals surface area contributed by atoms with Crippen molar-refractivity contribution in [3.8, 4) is 34.1 Å². The number of ether oxygens (including phenoxy) is 5. The van der Waals surface area contributed by atoms with Gasteiger partial charge in [0, 0.05) is 18.2 Å². The Balaban J connectivity index is 1.23. The summed E-state index contributed by atoms with van der Waals surface area (Å²) in [7, 11) is 0. The van der Waals surface area contributed by atoms with Crippen molar-refractivity contribution >= 4 is 40.3 Å². The minimum atomic E-state index is -0.901. The molecule has 47 heavy (non-hydrogen) atoms. The van der Waals surface area contributed by atoms with Crippen molar-refractivity contribution in [2.45, 2.75) is 39.6 Å². The van der Waals surface area contributed by atoms with Crippen molar-refractivity contribution in [1.82, 2.24) is 14.1 Å². The van der Waals surface area contributed by atoms with E-state index in [-0.39, 0.29) is 26.4 Å². The standard InChI is InChI=1S/C35H34ClN3O7S/c1-3-42-35(41)30(18-40)37-17-25-14-27(36)33(16-32(25)45-19-22-7-9-28-29(13-22)39-47-38-28)46-20-24-5-4-6-26(21(24)2)23-8-10-31-34(15-23)44-12-11-43-31/h4-10,13-16,30,37,40H,3,11-12,17-20H2,1-2H3. The number of nitrogens with zero attached hydrogens (tertiary/aromatic N) is 2. The number of halogens is 1. The molecule has 0 fully saturated rings. The summed E-state index contributed by atoms with van der Waals surface area (Å²) in [5, 5.41) is 13.2. The Morgan fingerprint density at radius 1 is 0.957 bits per heavy atom. The van der Waals surface area contributed by atoms with Crippen LogP contribution in [0, 0.1) is 6.92 Å². The maximum atomic E-state index is 12.3. The second-order valence-electron chi connectivity index (χ2n) is 10.9. The first-order valence-electron chi connectivity index (χ1n) is 15.2. The molecule has 244 valence electrons. The quantitative estimate of drug-likeness (QED) is 0.138. The van der Waals surface area contributed by atoms with Crippen LogP contribution in [0.2, 0.25) is 5.02 Å². The Labute approximate surface area is 281 Å². The van der Waals surface area contributed by atoms with Crippen LogP contribution in [-0.2, 0) is 29.3 Å². The molecule has 1 aliphatic heterocycles. The van der Waals surface area contributed by atoms with Gasteiger partial charge in [-0.15, -0.1) is 0 Å². The molecule has 2 N–H and O–H groups in total. The second kappa shape index (κ2) is 15.0. The van der Waals surface area contributed by atoms with Gasteiger partial charge in [-0.3, -0.25) is 10.1 Å². The SMILES string of the molecule is CCOC(=O)C(CO)NCc1cc(Cl)c(OCc2cccc(-c3ccc4c(c3)OCCO4)c2C)cc1OCc1ccc2nsnc2c1. The number of hydrogen-bond donors (Lipinski definition) is 2. The number of carbonyl (C=O) groups is 1. The molecular weight excluding hydrogens is 642 g/mol. The van der Waals surface area contributed by atoms with Gasteiger partial charge in [0.2, 0.25) is 0 Å². The first kappa shape index (κ1) is 32.5. The lowest BCUT2D eigenvalue weighted by molar-refractivity contribution is -0.146. The summed E-state index contributed by atoms with van der Waals surface area (Å²) < 4.78 is 37.7. The van der Waals surface area contributed by atoms with Gasteiger partial charge in [-0.05, 0) is 72.0 Å². The van der Waals surface area contributed by atoms with E-state index in [2.05, 4.69) is 27.1 Å². The van der Waals surface area contributed by atoms with Crippen LogP contribution >= 0.6 is 23.3 Å². The van der Waals surface area contributed by atoms with E-state index in [9.17, 15) is 9.90 Å². The molecule has 1 atom stereocenters. The molecule has 5 aromatic rings. The van der Waals surface area contributed by atoms with E-state index in [4.69, 9.17) is 35.3 Å². The van der Waals surface area contributed by atoms with E-state index < -0.39 is 18.6 Å². The number of carbonyl (C=O) groups excluding carboxylic acids is 1. The summed E-state index contributed by atoms with van der Waals surface area (Å²) >= 11 is 7.90. The highest BCUT2D eigenvalue weighted by atomic mass is 35.5. The molecule has 0 spiro atoms. The van der Waals surface area contributed by atoms with Crippen LogP contribution < -0.4 is 24.3 Å². The average molecular weight is 676 g/mol. The zero-order valence-corrected chi connectivity index (χ0v) is 27.5. The summed E-state index contributed by atoms with van der Waals surface area (Å²) in [5.41, 5.74) is 7.36. The number of nitrogens with one attached hydrogen (secondary N) is 1. The fourth-order valence-corrected chi connectivity index (χ4v) is 6.01. The molecular formula is C35H34ClN3O7S. The molecule has 0 amide bonds. The van der Waals surface area contributed by atoms with E-state index in [1.807, 2.05) is 48.5 Å². The van der Waals surface area contributed by atoms with Crippen LogP contribution in [0.5, 0.6) is 23.0 Å². The minimum absolute atomic E-state index is 0.186. The number of aliphatic hydroxyl groups excluding tert-OH is 1. The zero-order chi connectivity index (χ0) is 32.8. The van der Waals surface area contributed by atoms with Crippen molar-refractivity contribution in [3.63, 3.8) is 0 Å². The summed E-state index contributed by atoms with van der Waals surface area (Å²) in [6, 6.07) is 20.4.